The molecule has 0 aliphatic carbocycles. The molecule has 0 aromatic rings. The van der Waals surface area contributed by atoms with Crippen molar-refractivity contribution in [1.29, 1.82) is 0 Å². The quantitative estimate of drug-likeness (QED) is 0.0222. The molecule has 0 rings (SSSR count). The molecule has 0 aliphatic heterocycles. The lowest BCUT2D eigenvalue weighted by molar-refractivity contribution is -0.161. The summed E-state index contributed by atoms with van der Waals surface area (Å²) in [5.74, 6) is -1.36. The van der Waals surface area contributed by atoms with Gasteiger partial charge in [0, 0.05) is 25.7 Å². The van der Waals surface area contributed by atoms with Gasteiger partial charge in [-0.3, -0.25) is 37.3 Å². The SMILES string of the molecule is CCCCCCCCCCCCCCCCCCCCCCCC(=O)O[C@H](COC(=O)CCCCCCCCCCCCCCCCCCCCCC)COP(=O)(O)OC[C@@H](O)COP(=O)(O)OC[C@@H](COC(=O)CCCCCCCCC)OC(=O)CCCCCCCCCCCCC(C)C. The van der Waals surface area contributed by atoms with Gasteiger partial charge >= 0.3 is 39.5 Å². The molecule has 0 fully saturated rings. The van der Waals surface area contributed by atoms with Gasteiger partial charge in [0.1, 0.15) is 19.3 Å². The van der Waals surface area contributed by atoms with E-state index in [4.69, 9.17) is 37.0 Å². The third-order valence-electron chi connectivity index (χ3n) is 19.3. The third-order valence-corrected chi connectivity index (χ3v) is 21.2. The van der Waals surface area contributed by atoms with E-state index in [9.17, 15) is 43.2 Å². The van der Waals surface area contributed by atoms with E-state index >= 15 is 0 Å². The molecule has 0 aromatic carbocycles. The van der Waals surface area contributed by atoms with Crippen LogP contribution in [0.25, 0.3) is 0 Å². The molecule has 2 unspecified atom stereocenters. The number of esters is 4. The molecule has 3 N–H and O–H groups in total. The van der Waals surface area contributed by atoms with Crippen LogP contribution in [-0.2, 0) is 65.4 Å². The fraction of sp³-hybridized carbons (Fsp3) is 0.951. The lowest BCUT2D eigenvalue weighted by Gasteiger charge is -2.21. The van der Waals surface area contributed by atoms with Crippen molar-refractivity contribution < 1.29 is 80.2 Å². The van der Waals surface area contributed by atoms with Gasteiger partial charge in [-0.05, 0) is 31.6 Å². The Balaban J connectivity index is 5.15. The highest BCUT2D eigenvalue weighted by Crippen LogP contribution is 2.45. The highest BCUT2D eigenvalue weighted by molar-refractivity contribution is 7.47. The van der Waals surface area contributed by atoms with E-state index in [0.717, 1.165) is 109 Å². The zero-order valence-corrected chi connectivity index (χ0v) is 67.8. The molecule has 5 atom stereocenters. The summed E-state index contributed by atoms with van der Waals surface area (Å²) in [6, 6.07) is 0. The number of phosphoric ester groups is 2. The minimum absolute atomic E-state index is 0.106. The maximum Gasteiger partial charge on any atom is 0.472 e. The maximum absolute atomic E-state index is 13.1. The lowest BCUT2D eigenvalue weighted by Crippen LogP contribution is -2.30. The first-order valence-electron chi connectivity index (χ1n) is 42.6. The topological polar surface area (TPSA) is 237 Å². The van der Waals surface area contributed by atoms with E-state index in [1.165, 1.54) is 250 Å². The molecule has 0 radical (unpaired) electrons. The van der Waals surface area contributed by atoms with Crippen LogP contribution >= 0.6 is 15.6 Å². The molecule has 0 amide bonds. The molecule has 17 nitrogen and oxygen atoms in total. The normalized spacial score (nSPS) is 13.8. The van der Waals surface area contributed by atoms with Crippen LogP contribution in [0, 0.1) is 5.92 Å². The summed E-state index contributed by atoms with van der Waals surface area (Å²) >= 11 is 0. The number of aliphatic hydroxyl groups is 1. The minimum atomic E-state index is -4.96. The minimum Gasteiger partial charge on any atom is -0.462 e. The van der Waals surface area contributed by atoms with Gasteiger partial charge in [0.25, 0.3) is 0 Å². The molecule has 0 spiro atoms. The van der Waals surface area contributed by atoms with E-state index in [0.29, 0.717) is 25.7 Å². The van der Waals surface area contributed by atoms with Crippen LogP contribution in [-0.4, -0.2) is 96.7 Å². The van der Waals surface area contributed by atoms with E-state index in [2.05, 4.69) is 34.6 Å². The first kappa shape index (κ1) is 99.1. The predicted octanol–water partition coefficient (Wildman–Crippen LogP) is 24.8. The lowest BCUT2D eigenvalue weighted by atomic mass is 10.0. The third kappa shape index (κ3) is 76.1. The molecule has 101 heavy (non-hydrogen) atoms. The molecule has 0 saturated carbocycles. The van der Waals surface area contributed by atoms with E-state index in [-0.39, 0.29) is 25.7 Å². The van der Waals surface area contributed by atoms with Gasteiger partial charge in [-0.15, -0.1) is 0 Å². The summed E-state index contributed by atoms with van der Waals surface area (Å²) in [7, 11) is -9.91. The molecule has 600 valence electrons. The zero-order chi connectivity index (χ0) is 74.1. The van der Waals surface area contributed by atoms with Gasteiger partial charge in [0.15, 0.2) is 12.2 Å². The Bertz CT molecular complexity index is 1930. The predicted molar refractivity (Wildman–Crippen MR) is 414 cm³/mol. The average molecular weight is 1480 g/mol. The Labute approximate surface area is 619 Å². The Morgan fingerprint density at radius 2 is 0.455 bits per heavy atom. The Hall–Kier alpha value is -1.94. The molecule has 0 saturated heterocycles. The highest BCUT2D eigenvalue weighted by atomic mass is 31.2. The van der Waals surface area contributed by atoms with Crippen molar-refractivity contribution in [3.63, 3.8) is 0 Å². The molecule has 0 bridgehead atoms. The summed E-state index contributed by atoms with van der Waals surface area (Å²) in [6.07, 6.45) is 67.0. The second kappa shape index (κ2) is 74.9. The fourth-order valence-corrected chi connectivity index (χ4v) is 14.3. The van der Waals surface area contributed by atoms with Crippen molar-refractivity contribution in [1.82, 2.24) is 0 Å². The second-order valence-electron chi connectivity index (χ2n) is 30.0. The summed E-state index contributed by atoms with van der Waals surface area (Å²) in [6.45, 7) is 7.27. The average Bonchev–Trinajstić information content (AvgIpc) is 0.924. The number of carbonyl (C=O) groups is 4. The number of ether oxygens (including phenoxy) is 4. The van der Waals surface area contributed by atoms with E-state index in [1.54, 1.807) is 0 Å². The largest absolute Gasteiger partial charge is 0.472 e. The van der Waals surface area contributed by atoms with Gasteiger partial charge in [-0.1, -0.05) is 388 Å². The van der Waals surface area contributed by atoms with Gasteiger partial charge < -0.3 is 33.8 Å². The van der Waals surface area contributed by atoms with Crippen molar-refractivity contribution in [3.8, 4) is 0 Å². The second-order valence-corrected chi connectivity index (χ2v) is 32.9. The molecule has 0 aliphatic rings. The summed E-state index contributed by atoms with van der Waals surface area (Å²) < 4.78 is 68.6. The summed E-state index contributed by atoms with van der Waals surface area (Å²) in [4.78, 5) is 72.9. The van der Waals surface area contributed by atoms with Crippen LogP contribution in [0.2, 0.25) is 0 Å². The number of carbonyl (C=O) groups excluding carboxylic acids is 4. The Morgan fingerprint density at radius 1 is 0.267 bits per heavy atom. The number of hydrogen-bond acceptors (Lipinski definition) is 15. The number of unbranched alkanes of at least 4 members (excludes halogenated alkanes) is 54. The number of hydrogen-bond donors (Lipinski definition) is 3. The van der Waals surface area contributed by atoms with Crippen molar-refractivity contribution >= 4 is 39.5 Å². The maximum atomic E-state index is 13.1. The van der Waals surface area contributed by atoms with Crippen LogP contribution in [0.5, 0.6) is 0 Å². The van der Waals surface area contributed by atoms with E-state index < -0.39 is 97.5 Å². The van der Waals surface area contributed by atoms with Crippen molar-refractivity contribution in [3.05, 3.63) is 0 Å². The van der Waals surface area contributed by atoms with Crippen molar-refractivity contribution in [2.75, 3.05) is 39.6 Å². The van der Waals surface area contributed by atoms with Crippen molar-refractivity contribution in [2.45, 2.75) is 457 Å². The monoisotopic (exact) mass is 1480 g/mol. The zero-order valence-electron chi connectivity index (χ0n) is 66.1. The highest BCUT2D eigenvalue weighted by Gasteiger charge is 2.30. The standard InChI is InChI=1S/C82H160O17P2/c1-6-9-12-15-18-20-22-24-26-28-30-32-34-36-38-40-42-47-52-57-62-67-81(86)99-78(72-93-80(85)66-61-56-51-46-41-39-37-35-33-31-29-27-25-23-21-19-16-13-10-7-2)74-97-101(90,91)95-70-76(83)69-94-100(88,89)96-73-77(71-92-79(84)65-60-55-49-17-14-11-8-3)98-82(87)68-63-58-53-48-44-43-45-50-54-59-64-75(4)5/h75-78,83H,6-74H2,1-5H3,(H,88,89)(H,90,91)/t76-,77+,78+/m0/s1. The molecular weight excluding hydrogens is 1320 g/mol. The van der Waals surface area contributed by atoms with Crippen LogP contribution in [0.3, 0.4) is 0 Å². The molecule has 0 aromatic heterocycles. The first-order valence-corrected chi connectivity index (χ1v) is 45.6. The fourth-order valence-electron chi connectivity index (χ4n) is 12.8. The van der Waals surface area contributed by atoms with Gasteiger partial charge in [-0.25, -0.2) is 9.13 Å². The van der Waals surface area contributed by atoms with E-state index in [1.807, 2.05) is 0 Å². The Kier molecular flexibility index (Phi) is 73.5. The Morgan fingerprint density at radius 3 is 0.673 bits per heavy atom. The summed E-state index contributed by atoms with van der Waals surface area (Å²) in [5, 5.41) is 10.6. The number of phosphoric acid groups is 2. The number of rotatable bonds is 82. The van der Waals surface area contributed by atoms with Crippen LogP contribution < -0.4 is 0 Å². The van der Waals surface area contributed by atoms with Gasteiger partial charge in [-0.2, -0.15) is 0 Å². The van der Waals surface area contributed by atoms with Crippen LogP contribution in [0.1, 0.15) is 439 Å². The van der Waals surface area contributed by atoms with Gasteiger partial charge in [0.05, 0.1) is 26.4 Å². The smallest absolute Gasteiger partial charge is 0.462 e. The van der Waals surface area contributed by atoms with Crippen LogP contribution in [0.4, 0.5) is 0 Å². The van der Waals surface area contributed by atoms with Crippen LogP contribution in [0.15, 0.2) is 0 Å². The van der Waals surface area contributed by atoms with Gasteiger partial charge in [0.2, 0.25) is 0 Å². The summed E-state index contributed by atoms with van der Waals surface area (Å²) in [5.41, 5.74) is 0. The first-order chi connectivity index (χ1) is 49.0. The van der Waals surface area contributed by atoms with Crippen molar-refractivity contribution in [2.24, 2.45) is 5.92 Å². The molecule has 0 heterocycles. The molecule has 19 heteroatoms. The number of aliphatic hydroxyl groups excluding tert-OH is 1. The molecular formula is C82H160O17P2.